The molecular formula is C19H16N4O6. The number of pyridine rings is 1. The monoisotopic (exact) mass is 396 g/mol. The van der Waals surface area contributed by atoms with Crippen molar-refractivity contribution < 1.29 is 24.0 Å². The number of hydrogen-bond acceptors (Lipinski definition) is 7. The molecule has 0 aliphatic carbocycles. The second-order valence-electron chi connectivity index (χ2n) is 6.56. The molecule has 0 fully saturated rings. The lowest BCUT2D eigenvalue weighted by molar-refractivity contribution is -0.389. The molecule has 1 aromatic heterocycles. The molecular weight excluding hydrogens is 380 g/mol. The minimum absolute atomic E-state index is 0.00510. The van der Waals surface area contributed by atoms with Crippen LogP contribution in [0.3, 0.4) is 0 Å². The number of nitro groups is 1. The smallest absolute Gasteiger partial charge is 0.366 e. The molecule has 2 aromatic rings. The first-order valence-electron chi connectivity index (χ1n) is 9.01. The highest BCUT2D eigenvalue weighted by Gasteiger charge is 2.40. The van der Waals surface area contributed by atoms with Crippen molar-refractivity contribution in [1.82, 2.24) is 9.88 Å². The Bertz CT molecular complexity index is 1020. The van der Waals surface area contributed by atoms with Gasteiger partial charge in [0.2, 0.25) is 0 Å². The Hall–Kier alpha value is -3.82. The van der Waals surface area contributed by atoms with Gasteiger partial charge in [0.1, 0.15) is 0 Å². The number of aromatic nitrogens is 1. The Labute approximate surface area is 164 Å². The van der Waals surface area contributed by atoms with Crippen LogP contribution >= 0.6 is 0 Å². The molecule has 10 heteroatoms. The van der Waals surface area contributed by atoms with E-state index in [0.717, 1.165) is 4.90 Å². The van der Waals surface area contributed by atoms with Crippen LogP contribution in [0.4, 0.5) is 11.6 Å². The van der Waals surface area contributed by atoms with Gasteiger partial charge in [-0.25, -0.2) is 0 Å². The largest absolute Gasteiger partial charge is 0.474 e. The maximum Gasteiger partial charge on any atom is 0.366 e. The predicted octanol–water partition coefficient (Wildman–Crippen LogP) is 1.79. The van der Waals surface area contributed by atoms with Gasteiger partial charge in [-0.2, -0.15) is 0 Å². The highest BCUT2D eigenvalue weighted by Crippen LogP contribution is 2.35. The number of benzene rings is 1. The number of carbonyl (C=O) groups is 3. The molecule has 1 aromatic carbocycles. The summed E-state index contributed by atoms with van der Waals surface area (Å²) in [6.45, 7) is 1.65. The van der Waals surface area contributed by atoms with E-state index in [1.54, 1.807) is 31.2 Å². The van der Waals surface area contributed by atoms with Gasteiger partial charge < -0.3 is 14.9 Å². The summed E-state index contributed by atoms with van der Waals surface area (Å²) in [5.74, 6) is -1.49. The Morgan fingerprint density at radius 1 is 1.03 bits per heavy atom. The second-order valence-corrected chi connectivity index (χ2v) is 6.56. The van der Waals surface area contributed by atoms with E-state index in [2.05, 4.69) is 4.98 Å². The summed E-state index contributed by atoms with van der Waals surface area (Å²) in [4.78, 5) is 54.5. The SMILES string of the molecule is CCC1Oc2ccc([N+](=O)[O-])nc2N(CCN2C(=O)c3ccccc3C2=O)C1=O. The van der Waals surface area contributed by atoms with Gasteiger partial charge in [-0.05, 0) is 34.5 Å². The summed E-state index contributed by atoms with van der Waals surface area (Å²) in [5.41, 5.74) is 0.623. The summed E-state index contributed by atoms with van der Waals surface area (Å²) in [5, 5.41) is 11.1. The number of imide groups is 1. The Kier molecular flexibility index (Phi) is 4.45. The summed E-state index contributed by atoms with van der Waals surface area (Å²) >= 11 is 0. The minimum atomic E-state index is -0.770. The third-order valence-corrected chi connectivity index (χ3v) is 4.87. The Balaban J connectivity index is 1.62. The minimum Gasteiger partial charge on any atom is -0.474 e. The van der Waals surface area contributed by atoms with Crippen LogP contribution in [0.2, 0.25) is 0 Å². The topological polar surface area (TPSA) is 123 Å². The Morgan fingerprint density at radius 3 is 2.24 bits per heavy atom. The maximum absolute atomic E-state index is 12.8. The van der Waals surface area contributed by atoms with Gasteiger partial charge in [0, 0.05) is 19.2 Å². The van der Waals surface area contributed by atoms with Crippen molar-refractivity contribution in [3.63, 3.8) is 0 Å². The molecule has 1 unspecified atom stereocenters. The summed E-state index contributed by atoms with van der Waals surface area (Å²) in [6, 6.07) is 9.08. The molecule has 0 radical (unpaired) electrons. The van der Waals surface area contributed by atoms with Crippen molar-refractivity contribution in [2.24, 2.45) is 0 Å². The van der Waals surface area contributed by atoms with Crippen LogP contribution in [0.5, 0.6) is 5.75 Å². The molecule has 29 heavy (non-hydrogen) atoms. The van der Waals surface area contributed by atoms with Crippen molar-refractivity contribution in [2.45, 2.75) is 19.4 Å². The summed E-state index contributed by atoms with van der Waals surface area (Å²) < 4.78 is 5.60. The lowest BCUT2D eigenvalue weighted by atomic mass is 10.1. The van der Waals surface area contributed by atoms with Gasteiger partial charge >= 0.3 is 5.82 Å². The van der Waals surface area contributed by atoms with Crippen LogP contribution in [0.15, 0.2) is 36.4 Å². The van der Waals surface area contributed by atoms with Gasteiger partial charge in [0.15, 0.2) is 11.9 Å². The lowest BCUT2D eigenvalue weighted by Crippen LogP contribution is -2.49. The lowest BCUT2D eigenvalue weighted by Gasteiger charge is -2.31. The standard InChI is InChI=1S/C19H16N4O6/c1-2-13-19(26)21(16-14(29-13)7-8-15(20-16)23(27)28)9-10-22-17(24)11-5-3-4-6-12(11)18(22)25/h3-8,13H,2,9-10H2,1H3. The van der Waals surface area contributed by atoms with E-state index < -0.39 is 34.6 Å². The van der Waals surface area contributed by atoms with Crippen molar-refractivity contribution in [1.29, 1.82) is 0 Å². The highest BCUT2D eigenvalue weighted by atomic mass is 16.6. The van der Waals surface area contributed by atoms with Crippen molar-refractivity contribution in [2.75, 3.05) is 18.0 Å². The fourth-order valence-electron chi connectivity index (χ4n) is 3.41. The zero-order valence-electron chi connectivity index (χ0n) is 15.4. The number of ether oxygens (including phenoxy) is 1. The number of hydrogen-bond donors (Lipinski definition) is 0. The quantitative estimate of drug-likeness (QED) is 0.429. The molecule has 0 saturated heterocycles. The first-order chi connectivity index (χ1) is 13.9. The molecule has 3 heterocycles. The van der Waals surface area contributed by atoms with E-state index in [1.165, 1.54) is 17.0 Å². The molecule has 0 N–H and O–H groups in total. The van der Waals surface area contributed by atoms with E-state index >= 15 is 0 Å². The number of carbonyl (C=O) groups excluding carboxylic acids is 3. The average molecular weight is 396 g/mol. The highest BCUT2D eigenvalue weighted by molar-refractivity contribution is 6.21. The number of amides is 3. The average Bonchev–Trinajstić information content (AvgIpc) is 2.97. The number of nitrogens with zero attached hydrogens (tertiary/aromatic N) is 4. The molecule has 1 atom stereocenters. The molecule has 0 saturated carbocycles. The van der Waals surface area contributed by atoms with Crippen LogP contribution in [-0.2, 0) is 4.79 Å². The third-order valence-electron chi connectivity index (χ3n) is 4.87. The van der Waals surface area contributed by atoms with Gasteiger partial charge in [-0.1, -0.05) is 19.1 Å². The van der Waals surface area contributed by atoms with E-state index in [1.807, 2.05) is 0 Å². The number of rotatable bonds is 5. The molecule has 2 aliphatic heterocycles. The molecule has 0 bridgehead atoms. The van der Waals surface area contributed by atoms with Gasteiger partial charge in [0.05, 0.1) is 11.1 Å². The van der Waals surface area contributed by atoms with Gasteiger partial charge in [0.25, 0.3) is 23.5 Å². The normalized spacial score (nSPS) is 17.8. The van der Waals surface area contributed by atoms with E-state index in [4.69, 9.17) is 4.74 Å². The van der Waals surface area contributed by atoms with Crippen LogP contribution in [0, 0.1) is 10.1 Å². The van der Waals surface area contributed by atoms with E-state index in [0.29, 0.717) is 17.5 Å². The van der Waals surface area contributed by atoms with E-state index in [9.17, 15) is 24.5 Å². The molecule has 10 nitrogen and oxygen atoms in total. The molecule has 3 amide bonds. The zero-order valence-corrected chi connectivity index (χ0v) is 15.4. The first-order valence-corrected chi connectivity index (χ1v) is 9.01. The van der Waals surface area contributed by atoms with Crippen LogP contribution in [0.1, 0.15) is 34.1 Å². The Morgan fingerprint density at radius 2 is 1.66 bits per heavy atom. The van der Waals surface area contributed by atoms with Crippen molar-refractivity contribution in [3.8, 4) is 5.75 Å². The fraction of sp³-hybridized carbons (Fsp3) is 0.263. The first kappa shape index (κ1) is 18.5. The van der Waals surface area contributed by atoms with Crippen LogP contribution in [-0.4, -0.2) is 51.7 Å². The van der Waals surface area contributed by atoms with Gasteiger partial charge in [-0.15, -0.1) is 0 Å². The summed E-state index contributed by atoms with van der Waals surface area (Å²) in [6.07, 6.45) is -0.383. The second kappa shape index (κ2) is 6.97. The zero-order chi connectivity index (χ0) is 20.7. The van der Waals surface area contributed by atoms with Crippen LogP contribution in [0.25, 0.3) is 0 Å². The molecule has 0 spiro atoms. The predicted molar refractivity (Wildman–Crippen MR) is 99.8 cm³/mol. The molecule has 2 aliphatic rings. The summed E-state index contributed by atoms with van der Waals surface area (Å²) in [7, 11) is 0. The van der Waals surface area contributed by atoms with Crippen molar-refractivity contribution in [3.05, 3.63) is 57.6 Å². The third kappa shape index (κ3) is 2.98. The number of fused-ring (bicyclic) bond motifs is 2. The maximum atomic E-state index is 12.8. The van der Waals surface area contributed by atoms with Gasteiger partial charge in [-0.3, -0.25) is 24.2 Å². The fourth-order valence-corrected chi connectivity index (χ4v) is 3.41. The van der Waals surface area contributed by atoms with E-state index in [-0.39, 0.29) is 24.7 Å². The molecule has 148 valence electrons. The van der Waals surface area contributed by atoms with Crippen LogP contribution < -0.4 is 9.64 Å². The molecule has 4 rings (SSSR count). The van der Waals surface area contributed by atoms with Crippen molar-refractivity contribution >= 4 is 29.4 Å². The number of anilines is 1.